The zero-order valence-electron chi connectivity index (χ0n) is 15.5. The summed E-state index contributed by atoms with van der Waals surface area (Å²) in [6, 6.07) is 7.95. The number of halogens is 1. The van der Waals surface area contributed by atoms with Gasteiger partial charge in [0.1, 0.15) is 17.4 Å². The molecule has 2 aromatic rings. The number of rotatable bonds is 8. The number of nitrogens with zero attached hydrogens (tertiary/aromatic N) is 2. The molecule has 0 spiro atoms. The van der Waals surface area contributed by atoms with E-state index in [0.717, 1.165) is 28.0 Å². The van der Waals surface area contributed by atoms with Gasteiger partial charge in [-0.15, -0.1) is 35.3 Å². The fourth-order valence-corrected chi connectivity index (χ4v) is 3.07. The topological polar surface area (TPSA) is 58.5 Å². The van der Waals surface area contributed by atoms with Gasteiger partial charge in [-0.05, 0) is 12.0 Å². The van der Waals surface area contributed by atoms with Crippen LogP contribution in [-0.4, -0.2) is 24.6 Å². The minimum atomic E-state index is 0. The highest BCUT2D eigenvalue weighted by atomic mass is 127. The smallest absolute Gasteiger partial charge is 0.191 e. The zero-order chi connectivity index (χ0) is 18.1. The van der Waals surface area contributed by atoms with Crippen molar-refractivity contribution in [2.75, 3.05) is 13.7 Å². The average Bonchev–Trinajstić information content (AvgIpc) is 3.10. The Hall–Kier alpha value is -1.61. The molecular formula is C19H27IN4OS. The molecule has 0 saturated carbocycles. The largest absolute Gasteiger partial charge is 0.489 e. The summed E-state index contributed by atoms with van der Waals surface area (Å²) < 4.78 is 5.68. The summed E-state index contributed by atoms with van der Waals surface area (Å²) in [6.45, 7) is 9.76. The van der Waals surface area contributed by atoms with Gasteiger partial charge in [-0.25, -0.2) is 4.98 Å². The van der Waals surface area contributed by atoms with Gasteiger partial charge in [-0.2, -0.15) is 0 Å². The quantitative estimate of drug-likeness (QED) is 0.253. The molecule has 142 valence electrons. The molecule has 1 aromatic heterocycles. The second kappa shape index (κ2) is 11.9. The Morgan fingerprint density at radius 2 is 2.04 bits per heavy atom. The molecule has 0 bridgehead atoms. The molecular weight excluding hydrogens is 459 g/mol. The molecule has 0 radical (unpaired) electrons. The summed E-state index contributed by atoms with van der Waals surface area (Å²) in [5.41, 5.74) is 2.21. The number of guanidine groups is 1. The number of benzene rings is 1. The summed E-state index contributed by atoms with van der Waals surface area (Å²) in [5, 5.41) is 9.79. The first-order chi connectivity index (χ1) is 12.1. The van der Waals surface area contributed by atoms with Crippen molar-refractivity contribution >= 4 is 41.3 Å². The molecule has 1 aromatic carbocycles. The monoisotopic (exact) mass is 486 g/mol. The summed E-state index contributed by atoms with van der Waals surface area (Å²) in [6.07, 6.45) is 1.74. The number of aliphatic imine (C=N–C) groups is 1. The van der Waals surface area contributed by atoms with Gasteiger partial charge < -0.3 is 15.4 Å². The minimum Gasteiger partial charge on any atom is -0.489 e. The third-order valence-electron chi connectivity index (χ3n) is 3.57. The van der Waals surface area contributed by atoms with Crippen LogP contribution in [-0.2, 0) is 13.1 Å². The third kappa shape index (κ3) is 6.95. The third-order valence-corrected chi connectivity index (χ3v) is 4.43. The van der Waals surface area contributed by atoms with Crippen LogP contribution < -0.4 is 15.4 Å². The fourth-order valence-electron chi connectivity index (χ4n) is 2.17. The number of aromatic nitrogens is 1. The molecule has 0 atom stereocenters. The maximum Gasteiger partial charge on any atom is 0.191 e. The van der Waals surface area contributed by atoms with Gasteiger partial charge in [-0.3, -0.25) is 4.99 Å². The molecule has 0 unspecified atom stereocenters. The van der Waals surface area contributed by atoms with Gasteiger partial charge in [-0.1, -0.05) is 44.7 Å². The van der Waals surface area contributed by atoms with E-state index in [1.54, 1.807) is 24.5 Å². The average molecular weight is 486 g/mol. The van der Waals surface area contributed by atoms with Crippen LogP contribution in [0.2, 0.25) is 0 Å². The molecule has 0 aliphatic carbocycles. The van der Waals surface area contributed by atoms with Gasteiger partial charge in [0.15, 0.2) is 5.96 Å². The van der Waals surface area contributed by atoms with Gasteiger partial charge in [0.25, 0.3) is 0 Å². The van der Waals surface area contributed by atoms with Crippen molar-refractivity contribution in [2.45, 2.75) is 32.9 Å². The second-order valence-corrected chi connectivity index (χ2v) is 6.75. The fraction of sp³-hybridized carbons (Fsp3) is 0.368. The summed E-state index contributed by atoms with van der Waals surface area (Å²) in [7, 11) is 1.76. The van der Waals surface area contributed by atoms with Crippen molar-refractivity contribution in [1.82, 2.24) is 15.6 Å². The van der Waals surface area contributed by atoms with Gasteiger partial charge in [0, 0.05) is 24.5 Å². The SMILES string of the molecule is C=CCOc1ccccc1CNC(=NC)NCc1nc(C(C)C)cs1.I. The van der Waals surface area contributed by atoms with E-state index in [1.165, 1.54) is 0 Å². The maximum atomic E-state index is 5.68. The summed E-state index contributed by atoms with van der Waals surface area (Å²) in [5.74, 6) is 2.04. The van der Waals surface area contributed by atoms with E-state index in [9.17, 15) is 0 Å². The lowest BCUT2D eigenvalue weighted by molar-refractivity contribution is 0.358. The minimum absolute atomic E-state index is 0. The Morgan fingerprint density at radius 1 is 1.31 bits per heavy atom. The van der Waals surface area contributed by atoms with E-state index in [1.807, 2.05) is 24.3 Å². The van der Waals surface area contributed by atoms with Gasteiger partial charge in [0.05, 0.1) is 12.2 Å². The summed E-state index contributed by atoms with van der Waals surface area (Å²) in [4.78, 5) is 8.89. The first kappa shape index (κ1) is 22.4. The van der Waals surface area contributed by atoms with Crippen LogP contribution in [0.3, 0.4) is 0 Å². The molecule has 1 heterocycles. The van der Waals surface area contributed by atoms with E-state index in [2.05, 4.69) is 46.4 Å². The Morgan fingerprint density at radius 3 is 2.69 bits per heavy atom. The summed E-state index contributed by atoms with van der Waals surface area (Å²) >= 11 is 1.67. The predicted octanol–water partition coefficient (Wildman–Crippen LogP) is 4.31. The molecule has 5 nitrogen and oxygen atoms in total. The molecule has 0 aliphatic heterocycles. The maximum absolute atomic E-state index is 5.68. The zero-order valence-corrected chi connectivity index (χ0v) is 18.6. The van der Waals surface area contributed by atoms with Crippen molar-refractivity contribution in [3.63, 3.8) is 0 Å². The van der Waals surface area contributed by atoms with Crippen LogP contribution in [0.1, 0.15) is 36.0 Å². The number of para-hydroxylation sites is 1. The lowest BCUT2D eigenvalue weighted by Crippen LogP contribution is -2.36. The van der Waals surface area contributed by atoms with E-state index in [4.69, 9.17) is 4.74 Å². The van der Waals surface area contributed by atoms with Crippen molar-refractivity contribution in [2.24, 2.45) is 4.99 Å². The molecule has 2 rings (SSSR count). The Bertz CT molecular complexity index is 715. The Labute approximate surface area is 177 Å². The molecule has 7 heteroatoms. The highest BCUT2D eigenvalue weighted by Crippen LogP contribution is 2.18. The lowest BCUT2D eigenvalue weighted by atomic mass is 10.2. The molecule has 0 aliphatic rings. The second-order valence-electron chi connectivity index (χ2n) is 5.81. The van der Waals surface area contributed by atoms with E-state index >= 15 is 0 Å². The molecule has 0 amide bonds. The van der Waals surface area contributed by atoms with E-state index in [-0.39, 0.29) is 24.0 Å². The van der Waals surface area contributed by atoms with Crippen molar-refractivity contribution in [3.8, 4) is 5.75 Å². The van der Waals surface area contributed by atoms with E-state index in [0.29, 0.717) is 25.6 Å². The molecule has 26 heavy (non-hydrogen) atoms. The van der Waals surface area contributed by atoms with Crippen molar-refractivity contribution in [1.29, 1.82) is 0 Å². The van der Waals surface area contributed by atoms with Crippen LogP contribution in [0.15, 0.2) is 47.3 Å². The number of hydrogen-bond acceptors (Lipinski definition) is 4. The number of hydrogen-bond donors (Lipinski definition) is 2. The number of nitrogens with one attached hydrogen (secondary N) is 2. The van der Waals surface area contributed by atoms with Crippen molar-refractivity contribution in [3.05, 3.63) is 58.6 Å². The number of ether oxygens (including phenoxy) is 1. The van der Waals surface area contributed by atoms with Crippen LogP contribution >= 0.6 is 35.3 Å². The molecule has 0 saturated heterocycles. The predicted molar refractivity (Wildman–Crippen MR) is 121 cm³/mol. The van der Waals surface area contributed by atoms with Gasteiger partial charge >= 0.3 is 0 Å². The Balaban J connectivity index is 0.00000338. The number of thiazole rings is 1. The van der Waals surface area contributed by atoms with Crippen LogP contribution in [0.4, 0.5) is 0 Å². The van der Waals surface area contributed by atoms with Crippen LogP contribution in [0, 0.1) is 0 Å². The van der Waals surface area contributed by atoms with Gasteiger partial charge in [0.2, 0.25) is 0 Å². The van der Waals surface area contributed by atoms with Crippen molar-refractivity contribution < 1.29 is 4.74 Å². The molecule has 2 N–H and O–H groups in total. The highest BCUT2D eigenvalue weighted by molar-refractivity contribution is 14.0. The first-order valence-electron chi connectivity index (χ1n) is 8.34. The normalized spacial score (nSPS) is 11.0. The van der Waals surface area contributed by atoms with Crippen LogP contribution in [0.5, 0.6) is 5.75 Å². The lowest BCUT2D eigenvalue weighted by Gasteiger charge is -2.14. The first-order valence-corrected chi connectivity index (χ1v) is 9.22. The Kier molecular flexibility index (Phi) is 10.3. The van der Waals surface area contributed by atoms with E-state index < -0.39 is 0 Å². The highest BCUT2D eigenvalue weighted by Gasteiger charge is 2.07. The standard InChI is InChI=1S/C19H26N4OS.HI/c1-5-10-24-17-9-7-6-8-15(17)11-21-19(20-4)22-12-18-23-16(13-25-18)14(2)3;/h5-9,13-14H,1,10-12H2,2-4H3,(H2,20,21,22);1H. The van der Waals surface area contributed by atoms with Crippen LogP contribution in [0.25, 0.3) is 0 Å². The molecule has 0 fully saturated rings.